The van der Waals surface area contributed by atoms with Crippen molar-refractivity contribution in [1.29, 1.82) is 0 Å². The maximum Gasteiger partial charge on any atom is 0.125 e. The lowest BCUT2D eigenvalue weighted by molar-refractivity contribution is 1.21. The van der Waals surface area contributed by atoms with Gasteiger partial charge in [0, 0.05) is 35.3 Å². The van der Waals surface area contributed by atoms with Crippen LogP contribution in [-0.2, 0) is 0 Å². The summed E-state index contributed by atoms with van der Waals surface area (Å²) in [6, 6.07) is 14.2. The molecule has 0 spiro atoms. The quantitative estimate of drug-likeness (QED) is 0.692. The summed E-state index contributed by atoms with van der Waals surface area (Å²) < 4.78 is 0. The Labute approximate surface area is 132 Å². The minimum Gasteiger partial charge on any atom is -0.256 e. The van der Waals surface area contributed by atoms with Crippen molar-refractivity contribution in [2.45, 2.75) is 19.6 Å². The fourth-order valence-corrected chi connectivity index (χ4v) is 3.22. The smallest absolute Gasteiger partial charge is 0.125 e. The van der Waals surface area contributed by atoms with Crippen LogP contribution in [-0.4, -0.2) is 23.0 Å². The lowest BCUT2D eigenvalue weighted by Crippen LogP contribution is -2.42. The van der Waals surface area contributed by atoms with E-state index in [2.05, 4.69) is 52.8 Å². The highest BCUT2D eigenvalue weighted by Crippen LogP contribution is 2.28. The predicted octanol–water partition coefficient (Wildman–Crippen LogP) is 3.75. The van der Waals surface area contributed by atoms with E-state index in [1.807, 2.05) is 42.9 Å². The Kier molecular flexibility index (Phi) is 3.86. The largest absolute Gasteiger partial charge is 0.256 e. The van der Waals surface area contributed by atoms with Gasteiger partial charge < -0.3 is 0 Å². The standard InChI is InChI=1S/C18H19N3Si/c1-22(2,3)18-20-12-15(13-21-18)16-10-7-11-19-17(16)14-8-5-4-6-9-14/h4-13H,1-3H3. The Morgan fingerprint density at radius 2 is 1.41 bits per heavy atom. The summed E-state index contributed by atoms with van der Waals surface area (Å²) >= 11 is 0. The molecule has 0 saturated carbocycles. The highest BCUT2D eigenvalue weighted by atomic mass is 28.3. The first-order valence-corrected chi connectivity index (χ1v) is 10.9. The first-order valence-electron chi connectivity index (χ1n) is 7.39. The van der Waals surface area contributed by atoms with E-state index in [4.69, 9.17) is 0 Å². The Balaban J connectivity index is 2.06. The summed E-state index contributed by atoms with van der Waals surface area (Å²) in [7, 11) is -1.47. The molecule has 1 aromatic carbocycles. The van der Waals surface area contributed by atoms with Crippen molar-refractivity contribution in [3.8, 4) is 22.4 Å². The molecule has 0 atom stereocenters. The fourth-order valence-electron chi connectivity index (χ4n) is 2.32. The fraction of sp³-hybridized carbons (Fsp3) is 0.167. The molecule has 2 heterocycles. The van der Waals surface area contributed by atoms with Crippen molar-refractivity contribution in [2.75, 3.05) is 0 Å². The van der Waals surface area contributed by atoms with Crippen LogP contribution in [0, 0.1) is 0 Å². The van der Waals surface area contributed by atoms with E-state index in [-0.39, 0.29) is 0 Å². The summed E-state index contributed by atoms with van der Waals surface area (Å²) in [6.45, 7) is 6.75. The van der Waals surface area contributed by atoms with E-state index >= 15 is 0 Å². The van der Waals surface area contributed by atoms with E-state index in [0.29, 0.717) is 0 Å². The van der Waals surface area contributed by atoms with Crippen molar-refractivity contribution in [2.24, 2.45) is 0 Å². The molecule has 2 aromatic heterocycles. The van der Waals surface area contributed by atoms with Crippen molar-refractivity contribution in [3.05, 3.63) is 61.1 Å². The third-order valence-electron chi connectivity index (χ3n) is 3.49. The van der Waals surface area contributed by atoms with Gasteiger partial charge in [-0.05, 0) is 6.07 Å². The van der Waals surface area contributed by atoms with Crippen molar-refractivity contribution in [1.82, 2.24) is 15.0 Å². The average Bonchev–Trinajstić information content (AvgIpc) is 2.55. The van der Waals surface area contributed by atoms with E-state index in [9.17, 15) is 0 Å². The highest BCUT2D eigenvalue weighted by molar-refractivity contribution is 6.87. The molecule has 0 fully saturated rings. The molecule has 110 valence electrons. The van der Waals surface area contributed by atoms with E-state index in [1.54, 1.807) is 0 Å². The number of nitrogens with zero attached hydrogens (tertiary/aromatic N) is 3. The lowest BCUT2D eigenvalue weighted by Gasteiger charge is -2.14. The number of pyridine rings is 1. The molecule has 0 unspecified atom stereocenters. The SMILES string of the molecule is C[Si](C)(C)c1ncc(-c2cccnc2-c2ccccc2)cn1. The monoisotopic (exact) mass is 305 g/mol. The number of aromatic nitrogens is 3. The second-order valence-electron chi connectivity index (χ2n) is 6.31. The third-order valence-corrected chi connectivity index (χ3v) is 5.09. The summed E-state index contributed by atoms with van der Waals surface area (Å²) in [5.41, 5.74) is 5.13. The molecule has 3 aromatic rings. The lowest BCUT2D eigenvalue weighted by atomic mass is 10.0. The van der Waals surface area contributed by atoms with Gasteiger partial charge in [0.1, 0.15) is 13.5 Å². The maximum absolute atomic E-state index is 4.58. The van der Waals surface area contributed by atoms with Gasteiger partial charge in [-0.1, -0.05) is 56.0 Å². The zero-order valence-electron chi connectivity index (χ0n) is 13.1. The first-order chi connectivity index (χ1) is 10.6. The zero-order chi connectivity index (χ0) is 15.6. The van der Waals surface area contributed by atoms with Crippen LogP contribution in [0.15, 0.2) is 61.1 Å². The van der Waals surface area contributed by atoms with Crippen LogP contribution in [0.4, 0.5) is 0 Å². The van der Waals surface area contributed by atoms with Gasteiger partial charge in [0.15, 0.2) is 0 Å². The van der Waals surface area contributed by atoms with Crippen LogP contribution in [0.2, 0.25) is 19.6 Å². The zero-order valence-corrected chi connectivity index (χ0v) is 14.1. The molecule has 0 aliphatic rings. The minimum absolute atomic E-state index is 0.965. The molecule has 0 amide bonds. The van der Waals surface area contributed by atoms with Gasteiger partial charge in [-0.3, -0.25) is 4.98 Å². The molecular weight excluding hydrogens is 286 g/mol. The van der Waals surface area contributed by atoms with Crippen LogP contribution in [0.5, 0.6) is 0 Å². The average molecular weight is 305 g/mol. The molecule has 0 saturated heterocycles. The van der Waals surface area contributed by atoms with Gasteiger partial charge >= 0.3 is 0 Å². The number of hydrogen-bond donors (Lipinski definition) is 0. The molecule has 0 aliphatic carbocycles. The Morgan fingerprint density at radius 1 is 0.727 bits per heavy atom. The van der Waals surface area contributed by atoms with Crippen LogP contribution in [0.25, 0.3) is 22.4 Å². The predicted molar refractivity (Wildman–Crippen MR) is 93.7 cm³/mol. The molecule has 0 aliphatic heterocycles. The number of hydrogen-bond acceptors (Lipinski definition) is 3. The Morgan fingerprint density at radius 3 is 2.05 bits per heavy atom. The van der Waals surface area contributed by atoms with E-state index < -0.39 is 8.07 Å². The van der Waals surface area contributed by atoms with Gasteiger partial charge in [-0.2, -0.15) is 0 Å². The van der Waals surface area contributed by atoms with Gasteiger partial charge in [-0.25, -0.2) is 9.97 Å². The Hall–Kier alpha value is -2.33. The third kappa shape index (κ3) is 2.97. The second-order valence-corrected chi connectivity index (χ2v) is 11.3. The molecule has 4 heteroatoms. The van der Waals surface area contributed by atoms with Crippen molar-refractivity contribution < 1.29 is 0 Å². The minimum atomic E-state index is -1.47. The highest BCUT2D eigenvalue weighted by Gasteiger charge is 2.20. The maximum atomic E-state index is 4.58. The second kappa shape index (κ2) is 5.81. The van der Waals surface area contributed by atoms with Gasteiger partial charge in [0.05, 0.1) is 5.69 Å². The molecule has 0 N–H and O–H groups in total. The summed E-state index contributed by atoms with van der Waals surface area (Å²) in [6.07, 6.45) is 5.66. The molecular formula is C18H19N3Si. The van der Waals surface area contributed by atoms with Gasteiger partial charge in [0.25, 0.3) is 0 Å². The topological polar surface area (TPSA) is 38.7 Å². The summed E-state index contributed by atoms with van der Waals surface area (Å²) in [5, 5.41) is 0. The summed E-state index contributed by atoms with van der Waals surface area (Å²) in [4.78, 5) is 13.7. The molecule has 0 radical (unpaired) electrons. The molecule has 22 heavy (non-hydrogen) atoms. The molecule has 3 rings (SSSR count). The van der Waals surface area contributed by atoms with Gasteiger partial charge in [-0.15, -0.1) is 0 Å². The van der Waals surface area contributed by atoms with Crippen LogP contribution >= 0.6 is 0 Å². The number of rotatable bonds is 3. The van der Waals surface area contributed by atoms with Crippen LogP contribution in [0.1, 0.15) is 0 Å². The van der Waals surface area contributed by atoms with Gasteiger partial charge in [0.2, 0.25) is 0 Å². The molecule has 0 bridgehead atoms. The number of benzene rings is 1. The van der Waals surface area contributed by atoms with Crippen LogP contribution in [0.3, 0.4) is 0 Å². The Bertz CT molecular complexity index is 762. The van der Waals surface area contributed by atoms with E-state index in [0.717, 1.165) is 27.8 Å². The van der Waals surface area contributed by atoms with Crippen LogP contribution < -0.4 is 5.45 Å². The normalized spacial score (nSPS) is 11.4. The van der Waals surface area contributed by atoms with Crippen molar-refractivity contribution >= 4 is 13.5 Å². The summed E-state index contributed by atoms with van der Waals surface area (Å²) in [5.74, 6) is 0. The first kappa shape index (κ1) is 14.6. The van der Waals surface area contributed by atoms with E-state index in [1.165, 1.54) is 0 Å². The molecule has 3 nitrogen and oxygen atoms in total. The van der Waals surface area contributed by atoms with Crippen molar-refractivity contribution in [3.63, 3.8) is 0 Å².